The molecule has 1 aliphatic heterocycles. The van der Waals surface area contributed by atoms with Crippen molar-refractivity contribution in [1.82, 2.24) is 30.8 Å². The minimum Gasteiger partial charge on any atom is -0.345 e. The maximum absolute atomic E-state index is 13.0. The van der Waals surface area contributed by atoms with E-state index in [1.807, 2.05) is 53.1 Å². The number of benzene rings is 1. The van der Waals surface area contributed by atoms with E-state index in [-0.39, 0.29) is 24.0 Å². The molecule has 3 heterocycles. The number of nitrogens with one attached hydrogen (secondary N) is 3. The third-order valence-electron chi connectivity index (χ3n) is 5.05. The monoisotopic (exact) mass is 430 g/mol. The third-order valence-corrected chi connectivity index (χ3v) is 5.93. The van der Waals surface area contributed by atoms with Gasteiger partial charge in [-0.3, -0.25) is 9.20 Å². The van der Waals surface area contributed by atoms with E-state index in [2.05, 4.69) is 32.6 Å². The average Bonchev–Trinajstić information content (AvgIpc) is 3.38. The van der Waals surface area contributed by atoms with Crippen molar-refractivity contribution in [3.05, 3.63) is 65.1 Å². The van der Waals surface area contributed by atoms with Crippen molar-refractivity contribution >= 4 is 34.9 Å². The molecule has 1 amide bonds. The lowest BCUT2D eigenvalue weighted by Crippen LogP contribution is -2.44. The van der Waals surface area contributed by atoms with Gasteiger partial charge in [0, 0.05) is 17.3 Å². The van der Waals surface area contributed by atoms with Crippen LogP contribution in [0.25, 0.3) is 5.65 Å². The SMILES string of the molecule is CSCCC(NC(=O)C1CC(c2cccc(Cl)c2)NN1)c1nnc2ccccn12. The Morgan fingerprint density at radius 1 is 1.31 bits per heavy atom. The van der Waals surface area contributed by atoms with E-state index in [0.717, 1.165) is 29.2 Å². The number of fused-ring (bicyclic) bond motifs is 1. The van der Waals surface area contributed by atoms with E-state index < -0.39 is 0 Å². The van der Waals surface area contributed by atoms with Crippen molar-refractivity contribution in [2.45, 2.75) is 31.0 Å². The molecule has 0 aliphatic carbocycles. The first kappa shape index (κ1) is 20.2. The lowest BCUT2D eigenvalue weighted by Gasteiger charge is -2.19. The molecule has 3 aromatic rings. The second-order valence-corrected chi connectivity index (χ2v) is 8.44. The van der Waals surface area contributed by atoms with Crippen LogP contribution < -0.4 is 16.2 Å². The second kappa shape index (κ2) is 9.13. The summed E-state index contributed by atoms with van der Waals surface area (Å²) in [5.74, 6) is 1.61. The summed E-state index contributed by atoms with van der Waals surface area (Å²) < 4.78 is 1.93. The highest BCUT2D eigenvalue weighted by atomic mass is 35.5. The van der Waals surface area contributed by atoms with Crippen molar-refractivity contribution in [2.24, 2.45) is 0 Å². The Labute approximate surface area is 178 Å². The van der Waals surface area contributed by atoms with Gasteiger partial charge in [-0.2, -0.15) is 11.8 Å². The lowest BCUT2D eigenvalue weighted by molar-refractivity contribution is -0.123. The number of carbonyl (C=O) groups is 1. The zero-order chi connectivity index (χ0) is 20.2. The van der Waals surface area contributed by atoms with Gasteiger partial charge in [0.15, 0.2) is 11.5 Å². The number of hydrazine groups is 1. The first-order valence-electron chi connectivity index (χ1n) is 9.51. The fraction of sp³-hybridized carbons (Fsp3) is 0.350. The summed E-state index contributed by atoms with van der Waals surface area (Å²) in [6.07, 6.45) is 5.40. The van der Waals surface area contributed by atoms with Crippen LogP contribution >= 0.6 is 23.4 Å². The van der Waals surface area contributed by atoms with Crippen LogP contribution in [-0.4, -0.2) is 38.6 Å². The fourth-order valence-electron chi connectivity index (χ4n) is 3.54. The van der Waals surface area contributed by atoms with Crippen molar-refractivity contribution in [2.75, 3.05) is 12.0 Å². The van der Waals surface area contributed by atoms with Gasteiger partial charge >= 0.3 is 0 Å². The summed E-state index contributed by atoms with van der Waals surface area (Å²) in [6, 6.07) is 12.9. The maximum atomic E-state index is 13.0. The quantitative estimate of drug-likeness (QED) is 0.534. The predicted molar refractivity (Wildman–Crippen MR) is 116 cm³/mol. The molecule has 3 unspecified atom stereocenters. The molecular formula is C20H23ClN6OS. The van der Waals surface area contributed by atoms with Crippen LogP contribution in [0.3, 0.4) is 0 Å². The smallest absolute Gasteiger partial charge is 0.239 e. The predicted octanol–water partition coefficient (Wildman–Crippen LogP) is 2.90. The Morgan fingerprint density at radius 2 is 2.21 bits per heavy atom. The molecule has 29 heavy (non-hydrogen) atoms. The Morgan fingerprint density at radius 3 is 3.03 bits per heavy atom. The van der Waals surface area contributed by atoms with E-state index in [1.165, 1.54) is 0 Å². The largest absolute Gasteiger partial charge is 0.345 e. The molecule has 7 nitrogen and oxygen atoms in total. The van der Waals surface area contributed by atoms with Gasteiger partial charge < -0.3 is 5.32 Å². The Bertz CT molecular complexity index is 996. The van der Waals surface area contributed by atoms with Crippen LogP contribution in [0.4, 0.5) is 0 Å². The Hall–Kier alpha value is -2.13. The molecule has 2 aromatic heterocycles. The van der Waals surface area contributed by atoms with Gasteiger partial charge in [0.2, 0.25) is 5.91 Å². The average molecular weight is 431 g/mol. The molecule has 1 aromatic carbocycles. The van der Waals surface area contributed by atoms with E-state index in [0.29, 0.717) is 11.4 Å². The van der Waals surface area contributed by atoms with E-state index >= 15 is 0 Å². The number of carbonyl (C=O) groups excluding carboxylic acids is 1. The number of halogens is 1. The first-order chi connectivity index (χ1) is 14.2. The number of thioether (sulfide) groups is 1. The third kappa shape index (κ3) is 4.56. The van der Waals surface area contributed by atoms with Crippen LogP contribution in [0.2, 0.25) is 5.02 Å². The molecule has 152 valence electrons. The number of rotatable bonds is 7. The zero-order valence-corrected chi connectivity index (χ0v) is 17.6. The lowest BCUT2D eigenvalue weighted by atomic mass is 10.0. The number of hydrogen-bond donors (Lipinski definition) is 3. The van der Waals surface area contributed by atoms with Crippen LogP contribution in [0, 0.1) is 0 Å². The number of hydrogen-bond acceptors (Lipinski definition) is 6. The van der Waals surface area contributed by atoms with Crippen LogP contribution in [0.5, 0.6) is 0 Å². The molecule has 0 saturated carbocycles. The van der Waals surface area contributed by atoms with Crippen molar-refractivity contribution in [1.29, 1.82) is 0 Å². The standard InChI is InChI=1S/C20H23ClN6OS/c1-29-10-8-15(19-26-25-18-7-2-3-9-27(18)19)22-20(28)17-12-16(23-24-17)13-5-4-6-14(21)11-13/h2-7,9,11,15-17,23-24H,8,10,12H2,1H3,(H,22,28). The summed E-state index contributed by atoms with van der Waals surface area (Å²) >= 11 is 7.84. The molecule has 3 N–H and O–H groups in total. The normalized spacial score (nSPS) is 20.1. The van der Waals surface area contributed by atoms with E-state index in [9.17, 15) is 4.79 Å². The minimum atomic E-state index is -0.338. The number of nitrogens with zero attached hydrogens (tertiary/aromatic N) is 3. The van der Waals surface area contributed by atoms with E-state index in [1.54, 1.807) is 11.8 Å². The molecule has 0 bridgehead atoms. The van der Waals surface area contributed by atoms with Gasteiger partial charge in [0.1, 0.15) is 6.04 Å². The maximum Gasteiger partial charge on any atom is 0.239 e. The first-order valence-corrected chi connectivity index (χ1v) is 11.3. The van der Waals surface area contributed by atoms with Crippen LogP contribution in [0.15, 0.2) is 48.7 Å². The number of aromatic nitrogens is 3. The van der Waals surface area contributed by atoms with Crippen LogP contribution in [0.1, 0.15) is 36.3 Å². The molecule has 1 fully saturated rings. The van der Waals surface area contributed by atoms with Crippen molar-refractivity contribution in [3.8, 4) is 0 Å². The van der Waals surface area contributed by atoms with Gasteiger partial charge in [-0.05, 0) is 54.7 Å². The molecular weight excluding hydrogens is 408 g/mol. The van der Waals surface area contributed by atoms with Gasteiger partial charge in [-0.25, -0.2) is 10.9 Å². The van der Waals surface area contributed by atoms with Gasteiger partial charge in [-0.1, -0.05) is 29.8 Å². The highest BCUT2D eigenvalue weighted by Gasteiger charge is 2.32. The zero-order valence-electron chi connectivity index (χ0n) is 16.0. The summed E-state index contributed by atoms with van der Waals surface area (Å²) in [7, 11) is 0. The van der Waals surface area contributed by atoms with Gasteiger partial charge in [0.25, 0.3) is 0 Å². The van der Waals surface area contributed by atoms with Crippen molar-refractivity contribution < 1.29 is 4.79 Å². The highest BCUT2D eigenvalue weighted by Crippen LogP contribution is 2.25. The Kier molecular flexibility index (Phi) is 6.34. The minimum absolute atomic E-state index is 0.0306. The molecule has 4 rings (SSSR count). The molecule has 1 aliphatic rings. The Balaban J connectivity index is 1.47. The van der Waals surface area contributed by atoms with Crippen molar-refractivity contribution in [3.63, 3.8) is 0 Å². The van der Waals surface area contributed by atoms with E-state index in [4.69, 9.17) is 11.6 Å². The second-order valence-electron chi connectivity index (χ2n) is 7.01. The fourth-order valence-corrected chi connectivity index (χ4v) is 4.21. The van der Waals surface area contributed by atoms with Gasteiger partial charge in [-0.15, -0.1) is 10.2 Å². The highest BCUT2D eigenvalue weighted by molar-refractivity contribution is 7.98. The summed E-state index contributed by atoms with van der Waals surface area (Å²) in [4.78, 5) is 13.0. The number of amides is 1. The number of pyridine rings is 1. The van der Waals surface area contributed by atoms with Crippen LogP contribution in [-0.2, 0) is 4.79 Å². The van der Waals surface area contributed by atoms with Gasteiger partial charge in [0.05, 0.1) is 6.04 Å². The molecule has 9 heteroatoms. The topological polar surface area (TPSA) is 83.4 Å². The molecule has 1 saturated heterocycles. The summed E-state index contributed by atoms with van der Waals surface area (Å²) in [6.45, 7) is 0. The summed E-state index contributed by atoms with van der Waals surface area (Å²) in [5, 5.41) is 12.4. The molecule has 0 radical (unpaired) electrons. The molecule has 3 atom stereocenters. The molecule has 0 spiro atoms. The summed E-state index contributed by atoms with van der Waals surface area (Å²) in [5.41, 5.74) is 8.15.